The van der Waals surface area contributed by atoms with Gasteiger partial charge in [-0.15, -0.1) is 0 Å². The van der Waals surface area contributed by atoms with Crippen molar-refractivity contribution in [2.45, 2.75) is 0 Å². The van der Waals surface area contributed by atoms with Crippen molar-refractivity contribution in [2.24, 2.45) is 0 Å². The molecule has 2 nitrogen and oxygen atoms in total. The fourth-order valence-electron chi connectivity index (χ4n) is 6.88. The van der Waals surface area contributed by atoms with Gasteiger partial charge in [-0.2, -0.15) is 0 Å². The molecule has 1 aromatic heterocycles. The standard InChI is InChI=1S/C46H30N2/c1-4-16-38-31(10-1)13-7-19-40(38)34-22-26-36(27-23-34)44-30-45(48-46(47-44)43-21-9-15-33-12-3-6-18-42(33)43)37-28-24-35(25-29-37)41-20-8-14-32-11-2-5-17-39(32)41/h1-30H. The Bertz CT molecular complexity index is 2440. The highest BCUT2D eigenvalue weighted by Crippen LogP contribution is 2.35. The summed E-state index contributed by atoms with van der Waals surface area (Å²) in [7, 11) is 0. The van der Waals surface area contributed by atoms with E-state index in [2.05, 4.69) is 182 Å². The molecule has 1 heterocycles. The fourth-order valence-corrected chi connectivity index (χ4v) is 6.88. The minimum absolute atomic E-state index is 0.718. The topological polar surface area (TPSA) is 25.8 Å². The summed E-state index contributed by atoms with van der Waals surface area (Å²) in [4.78, 5) is 10.4. The molecule has 0 aliphatic carbocycles. The van der Waals surface area contributed by atoms with Gasteiger partial charge in [0.15, 0.2) is 5.82 Å². The van der Waals surface area contributed by atoms with Gasteiger partial charge in [-0.1, -0.05) is 176 Å². The number of hydrogen-bond acceptors (Lipinski definition) is 2. The van der Waals surface area contributed by atoms with Gasteiger partial charge in [0.05, 0.1) is 11.4 Å². The first-order valence-electron chi connectivity index (χ1n) is 16.3. The average Bonchev–Trinajstić information content (AvgIpc) is 3.17. The van der Waals surface area contributed by atoms with Crippen molar-refractivity contribution in [1.29, 1.82) is 0 Å². The maximum atomic E-state index is 5.19. The normalized spacial score (nSPS) is 11.3. The van der Waals surface area contributed by atoms with Crippen LogP contribution in [0.1, 0.15) is 0 Å². The summed E-state index contributed by atoms with van der Waals surface area (Å²) < 4.78 is 0. The summed E-state index contributed by atoms with van der Waals surface area (Å²) in [5, 5.41) is 7.30. The number of nitrogens with zero attached hydrogens (tertiary/aromatic N) is 2. The Morgan fingerprint density at radius 2 is 0.604 bits per heavy atom. The summed E-state index contributed by atoms with van der Waals surface area (Å²) in [6.07, 6.45) is 0. The van der Waals surface area contributed by atoms with E-state index in [9.17, 15) is 0 Å². The molecule has 0 radical (unpaired) electrons. The first kappa shape index (κ1) is 27.9. The minimum Gasteiger partial charge on any atom is -0.228 e. The van der Waals surface area contributed by atoms with Crippen LogP contribution in [-0.2, 0) is 0 Å². The van der Waals surface area contributed by atoms with Gasteiger partial charge >= 0.3 is 0 Å². The molecule has 2 heteroatoms. The summed E-state index contributed by atoms with van der Waals surface area (Å²) in [6.45, 7) is 0. The van der Waals surface area contributed by atoms with Crippen LogP contribution < -0.4 is 0 Å². The SMILES string of the molecule is c1ccc2c(-c3ccc(-c4cc(-c5ccc(-c6cccc7ccccc67)cc5)nc(-c5cccc6ccccc56)n4)cc3)cccc2c1. The number of benzene rings is 8. The quantitative estimate of drug-likeness (QED) is 0.194. The van der Waals surface area contributed by atoms with Crippen LogP contribution in [0.4, 0.5) is 0 Å². The van der Waals surface area contributed by atoms with Crippen LogP contribution in [0.15, 0.2) is 182 Å². The molecule has 0 atom stereocenters. The zero-order valence-corrected chi connectivity index (χ0v) is 26.2. The highest BCUT2D eigenvalue weighted by Gasteiger charge is 2.14. The van der Waals surface area contributed by atoms with E-state index in [1.165, 1.54) is 49.2 Å². The second-order valence-corrected chi connectivity index (χ2v) is 12.2. The van der Waals surface area contributed by atoms with Crippen LogP contribution >= 0.6 is 0 Å². The molecule has 0 saturated heterocycles. The van der Waals surface area contributed by atoms with Crippen molar-refractivity contribution in [2.75, 3.05) is 0 Å². The van der Waals surface area contributed by atoms with E-state index < -0.39 is 0 Å². The predicted octanol–water partition coefficient (Wildman–Crippen LogP) is 12.3. The molecule has 9 rings (SSSR count). The Morgan fingerprint density at radius 1 is 0.271 bits per heavy atom. The molecule has 224 valence electrons. The third kappa shape index (κ3) is 5.01. The van der Waals surface area contributed by atoms with Crippen LogP contribution in [0.2, 0.25) is 0 Å². The van der Waals surface area contributed by atoms with Crippen molar-refractivity contribution < 1.29 is 0 Å². The third-order valence-corrected chi connectivity index (χ3v) is 9.32. The first-order chi connectivity index (χ1) is 23.8. The van der Waals surface area contributed by atoms with E-state index in [0.29, 0.717) is 0 Å². The third-order valence-electron chi connectivity index (χ3n) is 9.32. The zero-order chi connectivity index (χ0) is 31.9. The highest BCUT2D eigenvalue weighted by molar-refractivity contribution is 5.98. The van der Waals surface area contributed by atoms with E-state index in [1.807, 2.05) is 0 Å². The molecular weight excluding hydrogens is 581 g/mol. The number of hydrogen-bond donors (Lipinski definition) is 0. The molecule has 8 aromatic carbocycles. The van der Waals surface area contributed by atoms with Gasteiger partial charge in [0.25, 0.3) is 0 Å². The molecule has 48 heavy (non-hydrogen) atoms. The van der Waals surface area contributed by atoms with E-state index >= 15 is 0 Å². The van der Waals surface area contributed by atoms with Crippen molar-refractivity contribution in [1.82, 2.24) is 9.97 Å². The molecule has 0 aliphatic rings. The molecule has 0 spiro atoms. The lowest BCUT2D eigenvalue weighted by molar-refractivity contribution is 1.19. The second kappa shape index (κ2) is 11.8. The number of rotatable bonds is 5. The molecule has 9 aromatic rings. The molecule has 0 amide bonds. The smallest absolute Gasteiger partial charge is 0.161 e. The fraction of sp³-hybridized carbons (Fsp3) is 0. The summed E-state index contributed by atoms with van der Waals surface area (Å²) in [5.74, 6) is 0.718. The van der Waals surface area contributed by atoms with Gasteiger partial charge in [0, 0.05) is 16.7 Å². The molecule has 0 fully saturated rings. The number of aromatic nitrogens is 2. The Labute approximate surface area is 279 Å². The minimum atomic E-state index is 0.718. The Balaban J connectivity index is 1.16. The predicted molar refractivity (Wildman–Crippen MR) is 202 cm³/mol. The summed E-state index contributed by atoms with van der Waals surface area (Å²) in [6, 6.07) is 64.5. The molecule has 0 bridgehead atoms. The van der Waals surface area contributed by atoms with Gasteiger partial charge in [0.2, 0.25) is 0 Å². The van der Waals surface area contributed by atoms with Gasteiger partial charge < -0.3 is 0 Å². The van der Waals surface area contributed by atoms with Crippen molar-refractivity contribution in [3.05, 3.63) is 182 Å². The van der Waals surface area contributed by atoms with Crippen LogP contribution in [0.5, 0.6) is 0 Å². The van der Waals surface area contributed by atoms with Crippen LogP contribution in [0.3, 0.4) is 0 Å². The lowest BCUT2D eigenvalue weighted by Crippen LogP contribution is -1.96. The molecule has 0 N–H and O–H groups in total. The van der Waals surface area contributed by atoms with Crippen LogP contribution in [0.25, 0.3) is 88.5 Å². The summed E-state index contributed by atoms with van der Waals surface area (Å²) >= 11 is 0. The lowest BCUT2D eigenvalue weighted by atomic mass is 9.96. The molecular formula is C46H30N2. The highest BCUT2D eigenvalue weighted by atomic mass is 14.9. The van der Waals surface area contributed by atoms with Crippen LogP contribution in [-0.4, -0.2) is 9.97 Å². The average molecular weight is 611 g/mol. The first-order valence-corrected chi connectivity index (χ1v) is 16.3. The van der Waals surface area contributed by atoms with Gasteiger partial charge in [-0.25, -0.2) is 9.97 Å². The van der Waals surface area contributed by atoms with Crippen molar-refractivity contribution >= 4 is 32.3 Å². The van der Waals surface area contributed by atoms with E-state index in [1.54, 1.807) is 0 Å². The number of fused-ring (bicyclic) bond motifs is 3. The van der Waals surface area contributed by atoms with Gasteiger partial charge in [0.1, 0.15) is 0 Å². The van der Waals surface area contributed by atoms with E-state index in [0.717, 1.165) is 39.3 Å². The zero-order valence-electron chi connectivity index (χ0n) is 26.2. The second-order valence-electron chi connectivity index (χ2n) is 12.2. The Hall–Kier alpha value is -6.38. The molecule has 0 saturated carbocycles. The van der Waals surface area contributed by atoms with Crippen molar-refractivity contribution in [3.63, 3.8) is 0 Å². The maximum absolute atomic E-state index is 5.19. The molecule has 0 aliphatic heterocycles. The largest absolute Gasteiger partial charge is 0.228 e. The van der Waals surface area contributed by atoms with Crippen molar-refractivity contribution in [3.8, 4) is 56.2 Å². The monoisotopic (exact) mass is 610 g/mol. The Morgan fingerprint density at radius 3 is 1.04 bits per heavy atom. The Kier molecular flexibility index (Phi) is 6.84. The maximum Gasteiger partial charge on any atom is 0.161 e. The van der Waals surface area contributed by atoms with E-state index in [-0.39, 0.29) is 0 Å². The molecule has 0 unspecified atom stereocenters. The lowest BCUT2D eigenvalue weighted by Gasteiger charge is -2.13. The summed E-state index contributed by atoms with van der Waals surface area (Å²) in [5.41, 5.74) is 9.74. The van der Waals surface area contributed by atoms with E-state index in [4.69, 9.17) is 9.97 Å². The van der Waals surface area contributed by atoms with Gasteiger partial charge in [-0.05, 0) is 60.6 Å². The van der Waals surface area contributed by atoms with Crippen LogP contribution in [0, 0.1) is 0 Å². The van der Waals surface area contributed by atoms with Gasteiger partial charge in [-0.3, -0.25) is 0 Å².